The van der Waals surface area contributed by atoms with Crippen molar-refractivity contribution in [1.29, 1.82) is 0 Å². The number of benzene rings is 2. The number of hydrogen-bond donors (Lipinski definition) is 4. The topological polar surface area (TPSA) is 160 Å². The van der Waals surface area contributed by atoms with Crippen LogP contribution < -0.4 is 5.32 Å². The zero-order chi connectivity index (χ0) is 31.0. The van der Waals surface area contributed by atoms with Gasteiger partial charge < -0.3 is 25.1 Å². The molecule has 0 unspecified atom stereocenters. The second kappa shape index (κ2) is 14.5. The number of carboxylic acid groups (broad SMARTS) is 1. The number of carbonyl (C=O) groups excluding carboxylic acids is 2. The molecule has 4 N–H and O–H groups in total. The van der Waals surface area contributed by atoms with Crippen molar-refractivity contribution in [2.75, 3.05) is 38.9 Å². The van der Waals surface area contributed by atoms with Crippen molar-refractivity contribution in [2.24, 2.45) is 0 Å². The fourth-order valence-electron chi connectivity index (χ4n) is 4.89. The number of aliphatic carboxylic acids is 1. The lowest BCUT2D eigenvalue weighted by Gasteiger charge is -2.36. The number of halogens is 1. The molecule has 0 radical (unpaired) electrons. The number of carbonyl (C=O) groups is 3. The van der Waals surface area contributed by atoms with Gasteiger partial charge in [0, 0.05) is 38.2 Å². The Bertz CT molecular complexity index is 1480. The molecule has 0 bridgehead atoms. The molecule has 1 aliphatic rings. The summed E-state index contributed by atoms with van der Waals surface area (Å²) in [5.41, 5.74) is 2.28. The summed E-state index contributed by atoms with van der Waals surface area (Å²) in [5, 5.41) is 11.3. The highest BCUT2D eigenvalue weighted by molar-refractivity contribution is 7.51. The largest absolute Gasteiger partial charge is 0.481 e. The van der Waals surface area contributed by atoms with Crippen LogP contribution in [-0.2, 0) is 14.2 Å². The molecule has 1 aliphatic heterocycles. The van der Waals surface area contributed by atoms with Gasteiger partial charge in [-0.15, -0.1) is 0 Å². The number of carboxylic acids is 1. The van der Waals surface area contributed by atoms with Crippen molar-refractivity contribution in [3.63, 3.8) is 0 Å². The van der Waals surface area contributed by atoms with Crippen molar-refractivity contribution in [1.82, 2.24) is 20.1 Å². The van der Waals surface area contributed by atoms with Crippen molar-refractivity contribution in [3.05, 3.63) is 78.2 Å². The van der Waals surface area contributed by atoms with E-state index in [0.29, 0.717) is 62.4 Å². The monoisotopic (exact) mass is 612 g/mol. The molecule has 13 heteroatoms. The average Bonchev–Trinajstić information content (AvgIpc) is 2.98. The molecule has 3 aromatic rings. The van der Waals surface area contributed by atoms with E-state index >= 15 is 0 Å². The van der Waals surface area contributed by atoms with Gasteiger partial charge >= 0.3 is 13.6 Å². The maximum Gasteiger partial charge on any atom is 0.328 e. The molecule has 0 spiro atoms. The van der Waals surface area contributed by atoms with E-state index in [1.807, 2.05) is 30.3 Å². The fourth-order valence-corrected chi connectivity index (χ4v) is 5.62. The lowest BCUT2D eigenvalue weighted by atomic mass is 10.0. The Balaban J connectivity index is 1.52. The highest BCUT2D eigenvalue weighted by Crippen LogP contribution is 2.35. The van der Waals surface area contributed by atoms with Gasteiger partial charge in [-0.2, -0.15) is 0 Å². The van der Waals surface area contributed by atoms with Crippen LogP contribution in [0.25, 0.3) is 22.4 Å². The molecular weight excluding hydrogens is 578 g/mol. The standard InChI is InChI=1S/C30H34FN4O7P/c31-24-11-9-22(10-12-24)25-18-23(21-6-2-1-3-7-21)19-26(32-25)29(38)33-27(20-43(40,41)42)30(39)35-16-14-34(15-17-35)13-5-4-8-28(36)37/h1-3,6-7,9-12,18-19,27H,4-5,8,13-17,20H2,(H,33,38)(H,36,37)(H2,40,41,42)/t27-/m0/s1. The number of hydrogen-bond acceptors (Lipinski definition) is 6. The number of nitrogens with one attached hydrogen (secondary N) is 1. The molecule has 228 valence electrons. The van der Waals surface area contributed by atoms with Crippen LogP contribution in [0.2, 0.25) is 0 Å². The van der Waals surface area contributed by atoms with Crippen molar-refractivity contribution < 1.29 is 38.2 Å². The molecule has 1 atom stereocenters. The van der Waals surface area contributed by atoms with Gasteiger partial charge in [0.1, 0.15) is 17.6 Å². The third kappa shape index (κ3) is 9.52. The van der Waals surface area contributed by atoms with E-state index < -0.39 is 43.4 Å². The third-order valence-electron chi connectivity index (χ3n) is 7.13. The van der Waals surface area contributed by atoms with Crippen LogP contribution in [0.15, 0.2) is 66.7 Å². The van der Waals surface area contributed by atoms with Gasteiger partial charge in [-0.1, -0.05) is 30.3 Å². The minimum absolute atomic E-state index is 0.0737. The number of pyridine rings is 1. The summed E-state index contributed by atoms with van der Waals surface area (Å²) in [7, 11) is -4.71. The van der Waals surface area contributed by atoms with Crippen LogP contribution in [0.4, 0.5) is 4.39 Å². The fraction of sp³-hybridized carbons (Fsp3) is 0.333. The first-order valence-electron chi connectivity index (χ1n) is 13.9. The van der Waals surface area contributed by atoms with Crippen LogP contribution in [0.1, 0.15) is 29.8 Å². The van der Waals surface area contributed by atoms with Gasteiger partial charge in [0.25, 0.3) is 5.91 Å². The Morgan fingerprint density at radius 1 is 0.907 bits per heavy atom. The second-order valence-electron chi connectivity index (χ2n) is 10.4. The zero-order valence-corrected chi connectivity index (χ0v) is 24.3. The lowest BCUT2D eigenvalue weighted by Crippen LogP contribution is -2.56. The molecule has 0 saturated carbocycles. The van der Waals surface area contributed by atoms with Gasteiger partial charge in [-0.25, -0.2) is 9.37 Å². The first-order valence-corrected chi connectivity index (χ1v) is 15.7. The van der Waals surface area contributed by atoms with Crippen molar-refractivity contribution in [3.8, 4) is 22.4 Å². The van der Waals surface area contributed by atoms with E-state index in [1.165, 1.54) is 35.2 Å². The summed E-state index contributed by atoms with van der Waals surface area (Å²) in [6, 6.07) is 16.6. The number of aromatic nitrogens is 1. The molecule has 2 aromatic carbocycles. The van der Waals surface area contributed by atoms with Crippen LogP contribution >= 0.6 is 7.60 Å². The van der Waals surface area contributed by atoms with Gasteiger partial charge in [0.05, 0.1) is 11.9 Å². The second-order valence-corrected chi connectivity index (χ2v) is 12.1. The summed E-state index contributed by atoms with van der Waals surface area (Å²) < 4.78 is 25.5. The van der Waals surface area contributed by atoms with Gasteiger partial charge in [0.15, 0.2) is 0 Å². The molecule has 11 nitrogen and oxygen atoms in total. The molecule has 0 aliphatic carbocycles. The quantitative estimate of drug-likeness (QED) is 0.178. The predicted octanol–water partition coefficient (Wildman–Crippen LogP) is 3.23. The van der Waals surface area contributed by atoms with Gasteiger partial charge in [-0.05, 0) is 66.9 Å². The van der Waals surface area contributed by atoms with Crippen LogP contribution in [-0.4, -0.2) is 92.4 Å². The van der Waals surface area contributed by atoms with Crippen LogP contribution in [0.5, 0.6) is 0 Å². The van der Waals surface area contributed by atoms with E-state index in [9.17, 15) is 33.1 Å². The number of amides is 2. The summed E-state index contributed by atoms with van der Waals surface area (Å²) in [6.07, 6.45) is 0.465. The van der Waals surface area contributed by atoms with Crippen LogP contribution in [0, 0.1) is 5.82 Å². The Kier molecular flexibility index (Phi) is 10.8. The lowest BCUT2D eigenvalue weighted by molar-refractivity contribution is -0.137. The maximum atomic E-state index is 13.6. The average molecular weight is 613 g/mol. The number of unbranched alkanes of at least 4 members (excludes halogenated alkanes) is 1. The summed E-state index contributed by atoms with van der Waals surface area (Å²) in [4.78, 5) is 65.1. The Morgan fingerprint density at radius 3 is 2.21 bits per heavy atom. The SMILES string of the molecule is O=C(O)CCCCN1CCN(C(=O)[C@H](CP(=O)(O)O)NC(=O)c2cc(-c3ccccc3)cc(-c3ccc(F)cc3)n2)CC1. The molecule has 2 heterocycles. The van der Waals surface area contributed by atoms with E-state index in [1.54, 1.807) is 6.07 Å². The number of piperazine rings is 1. The predicted molar refractivity (Wildman–Crippen MR) is 158 cm³/mol. The smallest absolute Gasteiger partial charge is 0.328 e. The maximum absolute atomic E-state index is 13.6. The first kappa shape index (κ1) is 32.0. The minimum Gasteiger partial charge on any atom is -0.481 e. The van der Waals surface area contributed by atoms with Gasteiger partial charge in [0.2, 0.25) is 5.91 Å². The minimum atomic E-state index is -4.71. The summed E-state index contributed by atoms with van der Waals surface area (Å²) >= 11 is 0. The Hall–Kier alpha value is -3.96. The summed E-state index contributed by atoms with van der Waals surface area (Å²) in [5.74, 6) is -2.67. The van der Waals surface area contributed by atoms with E-state index in [-0.39, 0.29) is 12.1 Å². The highest BCUT2D eigenvalue weighted by atomic mass is 31.2. The van der Waals surface area contributed by atoms with Crippen LogP contribution in [0.3, 0.4) is 0 Å². The van der Waals surface area contributed by atoms with E-state index in [2.05, 4.69) is 15.2 Å². The first-order chi connectivity index (χ1) is 20.5. The highest BCUT2D eigenvalue weighted by Gasteiger charge is 2.34. The third-order valence-corrected chi connectivity index (χ3v) is 7.97. The van der Waals surface area contributed by atoms with Crippen molar-refractivity contribution >= 4 is 25.4 Å². The molecule has 1 fully saturated rings. The Morgan fingerprint density at radius 2 is 1.58 bits per heavy atom. The molecule has 1 aromatic heterocycles. The normalized spacial score (nSPS) is 14.7. The molecule has 43 heavy (non-hydrogen) atoms. The Labute approximate surface area is 248 Å². The number of rotatable bonds is 12. The molecular formula is C30H34FN4O7P. The van der Waals surface area contributed by atoms with Crippen molar-refractivity contribution in [2.45, 2.75) is 25.3 Å². The van der Waals surface area contributed by atoms with E-state index in [0.717, 1.165) is 5.56 Å². The zero-order valence-electron chi connectivity index (χ0n) is 23.4. The van der Waals surface area contributed by atoms with E-state index in [4.69, 9.17) is 5.11 Å². The molecule has 2 amide bonds. The number of nitrogens with zero attached hydrogens (tertiary/aromatic N) is 3. The molecule has 4 rings (SSSR count). The summed E-state index contributed by atoms with van der Waals surface area (Å²) in [6.45, 7) is 2.29. The van der Waals surface area contributed by atoms with Gasteiger partial charge in [-0.3, -0.25) is 23.8 Å². The molecule has 1 saturated heterocycles.